The number of nitriles is 1. The second-order valence-corrected chi connectivity index (χ2v) is 13.3. The number of ether oxygens (including phenoxy) is 1. The minimum absolute atomic E-state index is 0.0175. The maximum Gasteiger partial charge on any atom is 0.272 e. The molecule has 6 rings (SSSR count). The van der Waals surface area contributed by atoms with Crippen LogP contribution in [0.1, 0.15) is 30.9 Å². The molecule has 0 saturated carbocycles. The Bertz CT molecular complexity index is 2050. The van der Waals surface area contributed by atoms with E-state index in [-0.39, 0.29) is 40.4 Å². The average molecular weight is 637 g/mol. The average Bonchev–Trinajstić information content (AvgIpc) is 3.65. The molecule has 0 aliphatic carbocycles. The van der Waals surface area contributed by atoms with Crippen molar-refractivity contribution in [3.63, 3.8) is 0 Å². The van der Waals surface area contributed by atoms with Crippen molar-refractivity contribution in [1.29, 1.82) is 5.26 Å². The molecule has 3 aromatic carbocycles. The van der Waals surface area contributed by atoms with Gasteiger partial charge in [0.1, 0.15) is 17.3 Å². The number of imide groups is 1. The third-order valence-corrected chi connectivity index (χ3v) is 9.63. The van der Waals surface area contributed by atoms with Crippen LogP contribution >= 0.6 is 0 Å². The lowest BCUT2D eigenvalue weighted by Gasteiger charge is -2.32. The molecule has 9 nitrogen and oxygen atoms in total. The van der Waals surface area contributed by atoms with Gasteiger partial charge in [0, 0.05) is 22.9 Å². The summed E-state index contributed by atoms with van der Waals surface area (Å²) in [7, 11) is -3.47. The first-order valence-corrected chi connectivity index (χ1v) is 16.6. The summed E-state index contributed by atoms with van der Waals surface area (Å²) in [6.45, 7) is 2.27. The van der Waals surface area contributed by atoms with Crippen molar-refractivity contribution in [3.05, 3.63) is 113 Å². The van der Waals surface area contributed by atoms with Gasteiger partial charge in [0.2, 0.25) is 0 Å². The van der Waals surface area contributed by atoms with E-state index < -0.39 is 33.5 Å². The maximum atomic E-state index is 15.2. The van der Waals surface area contributed by atoms with Gasteiger partial charge in [-0.2, -0.15) is 10.4 Å². The highest BCUT2D eigenvalue weighted by atomic mass is 32.2. The van der Waals surface area contributed by atoms with Crippen molar-refractivity contribution >= 4 is 33.3 Å². The molecule has 3 heterocycles. The molecule has 0 radical (unpaired) electrons. The molecule has 11 heteroatoms. The molecule has 1 saturated heterocycles. The first-order valence-electron chi connectivity index (χ1n) is 14.8. The quantitative estimate of drug-likeness (QED) is 0.188. The van der Waals surface area contributed by atoms with E-state index in [1.165, 1.54) is 18.2 Å². The van der Waals surface area contributed by atoms with Gasteiger partial charge in [-0.15, -0.1) is 0 Å². The molecule has 1 aromatic heterocycles. The van der Waals surface area contributed by atoms with Crippen LogP contribution < -0.4 is 4.74 Å². The monoisotopic (exact) mass is 636 g/mol. The number of carbonyl (C=O) groups is 2. The van der Waals surface area contributed by atoms with Crippen molar-refractivity contribution in [2.45, 2.75) is 25.8 Å². The molecule has 232 valence electrons. The van der Waals surface area contributed by atoms with Gasteiger partial charge in [-0.1, -0.05) is 55.5 Å². The summed E-state index contributed by atoms with van der Waals surface area (Å²) in [6.07, 6.45) is 4.00. The molecule has 0 spiro atoms. The molecule has 4 aromatic rings. The standard InChI is InChI=1S/C35H29FN4O5S/c1-2-16-45-31-14-13-24(19-30(31)36)33-25(21-39(38-33)26-11-7-4-8-12-26)18-28-32(23-9-5-3-6-10-23)29(20-37)35(42)40(34(28)41)27-15-17-46(43,44)22-27/h3-14,18-19,21,27H,2,15-17,22H2,1H3/b28-18-. The summed E-state index contributed by atoms with van der Waals surface area (Å²) in [6, 6.07) is 23.4. The fraction of sp³-hybridized carbons (Fsp3) is 0.200. The van der Waals surface area contributed by atoms with Crippen LogP contribution in [0.5, 0.6) is 5.75 Å². The zero-order valence-corrected chi connectivity index (χ0v) is 25.7. The molecule has 1 unspecified atom stereocenters. The molecule has 1 fully saturated rings. The first kappa shape index (κ1) is 30.7. The van der Waals surface area contributed by atoms with E-state index in [2.05, 4.69) is 0 Å². The number of rotatable bonds is 8. The maximum absolute atomic E-state index is 15.2. The summed E-state index contributed by atoms with van der Waals surface area (Å²) >= 11 is 0. The Labute approximate surface area is 265 Å². The number of hydrogen-bond donors (Lipinski definition) is 0. The highest BCUT2D eigenvalue weighted by Gasteiger charge is 2.45. The summed E-state index contributed by atoms with van der Waals surface area (Å²) in [5, 5.41) is 15.0. The van der Waals surface area contributed by atoms with Crippen LogP contribution in [0.25, 0.3) is 28.6 Å². The van der Waals surface area contributed by atoms with Crippen molar-refractivity contribution in [2.75, 3.05) is 18.1 Å². The zero-order chi connectivity index (χ0) is 32.4. The van der Waals surface area contributed by atoms with Gasteiger partial charge in [-0.3, -0.25) is 14.5 Å². The number of hydrogen-bond acceptors (Lipinski definition) is 7. The SMILES string of the molecule is CCCOc1ccc(-c2nn(-c3ccccc3)cc2/C=C2\C(=O)N(C3CCS(=O)(=O)C3)C(=O)C(C#N)=C2c2ccccc2)cc1F. The minimum atomic E-state index is -3.47. The summed E-state index contributed by atoms with van der Waals surface area (Å²) in [5.74, 6) is -2.58. The van der Waals surface area contributed by atoms with E-state index in [9.17, 15) is 23.3 Å². The summed E-state index contributed by atoms with van der Waals surface area (Å²) in [4.78, 5) is 28.9. The van der Waals surface area contributed by atoms with E-state index in [4.69, 9.17) is 9.84 Å². The van der Waals surface area contributed by atoms with Gasteiger partial charge < -0.3 is 4.74 Å². The van der Waals surface area contributed by atoms with Crippen LogP contribution in [-0.2, 0) is 19.4 Å². The van der Waals surface area contributed by atoms with Gasteiger partial charge in [0.05, 0.1) is 35.4 Å². The molecule has 0 N–H and O–H groups in total. The minimum Gasteiger partial charge on any atom is -0.491 e. The topological polar surface area (TPSA) is 122 Å². The molecule has 0 bridgehead atoms. The number of aromatic nitrogens is 2. The molecular formula is C35H29FN4O5S. The predicted octanol–water partition coefficient (Wildman–Crippen LogP) is 5.38. The number of halogens is 1. The molecule has 2 aliphatic rings. The number of benzene rings is 3. The lowest BCUT2D eigenvalue weighted by Crippen LogP contribution is -2.49. The van der Waals surface area contributed by atoms with Gasteiger partial charge >= 0.3 is 0 Å². The predicted molar refractivity (Wildman–Crippen MR) is 171 cm³/mol. The van der Waals surface area contributed by atoms with Crippen LogP contribution in [-0.4, -0.2) is 59.1 Å². The van der Waals surface area contributed by atoms with Crippen LogP contribution in [0.4, 0.5) is 4.39 Å². The number of nitrogens with zero attached hydrogens (tertiary/aromatic N) is 4. The molecule has 1 atom stereocenters. The summed E-state index contributed by atoms with van der Waals surface area (Å²) < 4.78 is 47.0. The second-order valence-electron chi connectivity index (χ2n) is 11.0. The van der Waals surface area contributed by atoms with Crippen molar-refractivity contribution < 1.29 is 27.1 Å². The smallest absolute Gasteiger partial charge is 0.272 e. The Hall–Kier alpha value is -5.34. The Morgan fingerprint density at radius 2 is 1.74 bits per heavy atom. The molecule has 2 aliphatic heterocycles. The lowest BCUT2D eigenvalue weighted by molar-refractivity contribution is -0.142. The highest BCUT2D eigenvalue weighted by Crippen LogP contribution is 2.38. The first-order chi connectivity index (χ1) is 22.2. The molecule has 46 heavy (non-hydrogen) atoms. The number of para-hydroxylation sites is 1. The second kappa shape index (κ2) is 12.6. The largest absolute Gasteiger partial charge is 0.491 e. The van der Waals surface area contributed by atoms with Gasteiger partial charge in [-0.05, 0) is 54.8 Å². The van der Waals surface area contributed by atoms with E-state index in [0.29, 0.717) is 41.1 Å². The Morgan fingerprint density at radius 3 is 2.37 bits per heavy atom. The normalized spacial score (nSPS) is 18.7. The fourth-order valence-corrected chi connectivity index (χ4v) is 7.41. The van der Waals surface area contributed by atoms with E-state index in [1.54, 1.807) is 47.3 Å². The number of sulfone groups is 1. The van der Waals surface area contributed by atoms with Crippen LogP contribution in [0.15, 0.2) is 96.2 Å². The van der Waals surface area contributed by atoms with Crippen molar-refractivity contribution in [1.82, 2.24) is 14.7 Å². The van der Waals surface area contributed by atoms with Crippen LogP contribution in [0.2, 0.25) is 0 Å². The molecular weight excluding hydrogens is 607 g/mol. The van der Waals surface area contributed by atoms with E-state index in [1.807, 2.05) is 43.3 Å². The van der Waals surface area contributed by atoms with Crippen molar-refractivity contribution in [3.8, 4) is 28.8 Å². The third kappa shape index (κ3) is 5.87. The Morgan fingerprint density at radius 1 is 1.02 bits per heavy atom. The lowest BCUT2D eigenvalue weighted by atomic mass is 9.86. The Balaban J connectivity index is 1.57. The van der Waals surface area contributed by atoms with Crippen molar-refractivity contribution in [2.24, 2.45) is 0 Å². The number of carbonyl (C=O) groups excluding carboxylic acids is 2. The van der Waals surface area contributed by atoms with Gasteiger partial charge in [-0.25, -0.2) is 17.5 Å². The number of amides is 2. The van der Waals surface area contributed by atoms with Crippen LogP contribution in [0, 0.1) is 17.1 Å². The molecule has 2 amide bonds. The zero-order valence-electron chi connectivity index (χ0n) is 24.9. The summed E-state index contributed by atoms with van der Waals surface area (Å²) in [5.41, 5.74) is 2.19. The fourth-order valence-electron chi connectivity index (χ4n) is 5.71. The van der Waals surface area contributed by atoms with Gasteiger partial charge in [0.25, 0.3) is 11.8 Å². The van der Waals surface area contributed by atoms with Gasteiger partial charge in [0.15, 0.2) is 21.4 Å². The van der Waals surface area contributed by atoms with Crippen LogP contribution in [0.3, 0.4) is 0 Å². The third-order valence-electron chi connectivity index (χ3n) is 7.88. The Kier molecular flexibility index (Phi) is 8.39. The van der Waals surface area contributed by atoms with E-state index in [0.717, 1.165) is 4.90 Å². The van der Waals surface area contributed by atoms with E-state index >= 15 is 4.39 Å². The highest BCUT2D eigenvalue weighted by molar-refractivity contribution is 7.91.